The number of rotatable bonds is 8. The lowest BCUT2D eigenvalue weighted by Gasteiger charge is -2.53. The van der Waals surface area contributed by atoms with Gasteiger partial charge in [-0.25, -0.2) is 0 Å². The molecule has 0 saturated heterocycles. The quantitative estimate of drug-likeness (QED) is 0.205. The highest BCUT2D eigenvalue weighted by Crippen LogP contribution is 2.58. The average molecular weight is 493 g/mol. The van der Waals surface area contributed by atoms with E-state index >= 15 is 0 Å². The minimum absolute atomic E-state index is 0.00982. The Balaban J connectivity index is 2.71. The fourth-order valence-corrected chi connectivity index (χ4v) is 5.39. The normalized spacial score (nSPS) is 29.9. The molecule has 1 saturated carbocycles. The molecular weight excluding hydrogens is 461 g/mol. The van der Waals surface area contributed by atoms with Gasteiger partial charge in [-0.15, -0.1) is 0 Å². The summed E-state index contributed by atoms with van der Waals surface area (Å²) >= 11 is 0. The maximum absolute atomic E-state index is 13.7. The van der Waals surface area contributed by atoms with Crippen LogP contribution in [0, 0.1) is 16.7 Å². The Hall–Kier alpha value is -1.94. The number of carbonyl (C=O) groups is 2. The Morgan fingerprint density at radius 1 is 1.15 bits per heavy atom. The number of fused-ring (bicyclic) bond motifs is 2. The Kier molecular flexibility index (Phi) is 7.75. The number of alkyl halides is 3. The van der Waals surface area contributed by atoms with Crippen molar-refractivity contribution in [1.29, 1.82) is 0 Å². The molecule has 6 nitrogen and oxygen atoms in total. The van der Waals surface area contributed by atoms with Gasteiger partial charge in [-0.05, 0) is 53.4 Å². The first kappa shape index (κ1) is 27.3. The Morgan fingerprint density at radius 3 is 2.21 bits per heavy atom. The number of allylic oxidation sites excluding steroid dienone is 6. The van der Waals surface area contributed by atoms with Gasteiger partial charge < -0.3 is 4.74 Å². The zero-order valence-electron chi connectivity index (χ0n) is 19.7. The summed E-state index contributed by atoms with van der Waals surface area (Å²) in [5, 5.41) is 0. The molecule has 0 unspecified atom stereocenters. The number of ketones is 2. The van der Waals surface area contributed by atoms with E-state index < -0.39 is 50.0 Å². The Labute approximate surface area is 193 Å². The lowest BCUT2D eigenvalue weighted by atomic mass is 9.50. The zero-order chi connectivity index (χ0) is 25.4. The lowest BCUT2D eigenvalue weighted by Crippen LogP contribution is -2.62. The molecule has 2 aliphatic carbocycles. The number of hydrogen-bond donors (Lipinski definition) is 0. The van der Waals surface area contributed by atoms with Gasteiger partial charge >= 0.3 is 15.6 Å². The molecule has 0 heterocycles. The average Bonchev–Trinajstić information content (AvgIpc) is 2.65. The highest BCUT2D eigenvalue weighted by Gasteiger charge is 2.66. The van der Waals surface area contributed by atoms with Gasteiger partial charge in [0.15, 0.2) is 11.6 Å². The lowest BCUT2D eigenvalue weighted by molar-refractivity contribution is -0.162. The molecule has 0 N–H and O–H groups in total. The zero-order valence-corrected chi connectivity index (χ0v) is 20.5. The van der Waals surface area contributed by atoms with Crippen LogP contribution < -0.4 is 0 Å². The van der Waals surface area contributed by atoms with Crippen LogP contribution in [0.4, 0.5) is 13.2 Å². The van der Waals surface area contributed by atoms with Crippen LogP contribution in [-0.2, 0) is 28.6 Å². The number of hydrogen-bond acceptors (Lipinski definition) is 6. The van der Waals surface area contributed by atoms with Crippen LogP contribution in [0.5, 0.6) is 0 Å². The molecule has 0 radical (unpaired) electrons. The molecule has 0 spiro atoms. The molecule has 186 valence electrons. The van der Waals surface area contributed by atoms with E-state index in [0.29, 0.717) is 6.42 Å². The summed E-state index contributed by atoms with van der Waals surface area (Å²) in [7, 11) is -4.71. The third-order valence-corrected chi connectivity index (χ3v) is 7.59. The van der Waals surface area contributed by atoms with Crippen LogP contribution in [0.2, 0.25) is 0 Å². The summed E-state index contributed by atoms with van der Waals surface area (Å²) in [6.07, 6.45) is 3.31. The van der Waals surface area contributed by atoms with Crippen LogP contribution in [0.15, 0.2) is 35.1 Å². The molecule has 10 heteroatoms. The molecule has 0 aromatic heterocycles. The maximum atomic E-state index is 13.7. The van der Waals surface area contributed by atoms with E-state index in [-0.39, 0.29) is 25.0 Å². The Morgan fingerprint density at radius 2 is 1.73 bits per heavy atom. The van der Waals surface area contributed by atoms with Gasteiger partial charge in [0.2, 0.25) is 0 Å². The molecule has 1 fully saturated rings. The van der Waals surface area contributed by atoms with Crippen molar-refractivity contribution >= 4 is 21.7 Å². The predicted octanol–water partition coefficient (Wildman–Crippen LogP) is 5.02. The van der Waals surface area contributed by atoms with Crippen molar-refractivity contribution in [3.63, 3.8) is 0 Å². The van der Waals surface area contributed by atoms with Crippen molar-refractivity contribution in [1.82, 2.24) is 0 Å². The van der Waals surface area contributed by atoms with E-state index in [1.165, 1.54) is 20.1 Å². The van der Waals surface area contributed by atoms with E-state index in [0.717, 1.165) is 11.1 Å². The first-order chi connectivity index (χ1) is 15.0. The molecule has 33 heavy (non-hydrogen) atoms. The molecule has 2 aliphatic rings. The summed E-state index contributed by atoms with van der Waals surface area (Å²) in [4.78, 5) is 26.8. The van der Waals surface area contributed by atoms with Crippen molar-refractivity contribution < 1.29 is 40.1 Å². The van der Waals surface area contributed by atoms with Gasteiger partial charge in [-0.2, -0.15) is 21.6 Å². The monoisotopic (exact) mass is 492 g/mol. The van der Waals surface area contributed by atoms with E-state index in [1.54, 1.807) is 19.9 Å². The highest BCUT2D eigenvalue weighted by molar-refractivity contribution is 7.87. The predicted molar refractivity (Wildman–Crippen MR) is 116 cm³/mol. The maximum Gasteiger partial charge on any atom is 0.523 e. The number of ether oxygens (including phenoxy) is 1. The van der Waals surface area contributed by atoms with Gasteiger partial charge in [-0.3, -0.25) is 13.8 Å². The molecule has 0 aromatic rings. The minimum atomic E-state index is -5.97. The van der Waals surface area contributed by atoms with Crippen molar-refractivity contribution in [3.8, 4) is 0 Å². The smallest absolute Gasteiger partial charge is 0.500 e. The van der Waals surface area contributed by atoms with Gasteiger partial charge in [0.05, 0.1) is 24.5 Å². The summed E-state index contributed by atoms with van der Waals surface area (Å²) in [6.45, 7) is 8.70. The Bertz CT molecular complexity index is 1000. The number of halogens is 3. The van der Waals surface area contributed by atoms with E-state index in [1.807, 2.05) is 19.9 Å². The van der Waals surface area contributed by atoms with Crippen LogP contribution in [0.3, 0.4) is 0 Å². The summed E-state index contributed by atoms with van der Waals surface area (Å²) in [5.41, 5.74) is -6.81. The van der Waals surface area contributed by atoms with Crippen molar-refractivity contribution in [2.75, 3.05) is 7.11 Å². The van der Waals surface area contributed by atoms with Gasteiger partial charge in [-0.1, -0.05) is 30.2 Å². The second-order valence-corrected chi connectivity index (χ2v) is 11.1. The highest BCUT2D eigenvalue weighted by atomic mass is 32.2. The fourth-order valence-electron chi connectivity index (χ4n) is 4.68. The van der Waals surface area contributed by atoms with Crippen molar-refractivity contribution in [3.05, 3.63) is 35.1 Å². The minimum Gasteiger partial charge on any atom is -0.500 e. The van der Waals surface area contributed by atoms with Crippen LogP contribution in [0.1, 0.15) is 60.3 Å². The molecule has 0 amide bonds. The second-order valence-electron chi connectivity index (χ2n) is 9.49. The molecule has 0 aliphatic heterocycles. The SMILES string of the molecule is COC1=CC(=O)[C@H]2C(=O)[C@]1(CC=C(C)C)C[C@H](OS(=O)(=O)C(F)(F)F)[C@@]2(C)CCC=C(C)C. The van der Waals surface area contributed by atoms with Gasteiger partial charge in [0.1, 0.15) is 5.76 Å². The standard InChI is InChI=1S/C23H31F3O6S/c1-14(2)8-7-10-21(5)18(32-33(29,30)23(24,25)26)13-22(11-9-15(3)4)17(31-6)12-16(27)19(21)20(22)28/h8-9,12,18-19H,7,10-11,13H2,1-6H3/t18-,19-,21+,22+/m0/s1. The van der Waals surface area contributed by atoms with E-state index in [9.17, 15) is 31.2 Å². The van der Waals surface area contributed by atoms with Crippen LogP contribution in [-0.4, -0.2) is 38.7 Å². The third-order valence-electron chi connectivity index (χ3n) is 6.53. The summed E-state index contributed by atoms with van der Waals surface area (Å²) in [6, 6.07) is 0. The summed E-state index contributed by atoms with van der Waals surface area (Å²) in [5.74, 6) is -2.44. The van der Waals surface area contributed by atoms with Crippen molar-refractivity contribution in [2.45, 2.75) is 71.9 Å². The first-order valence-electron chi connectivity index (χ1n) is 10.6. The molecule has 0 aromatic carbocycles. The topological polar surface area (TPSA) is 86.7 Å². The van der Waals surface area contributed by atoms with E-state index in [2.05, 4.69) is 0 Å². The molecule has 4 atom stereocenters. The van der Waals surface area contributed by atoms with E-state index in [4.69, 9.17) is 8.92 Å². The molecular formula is C23H31F3O6S. The number of methoxy groups -OCH3 is 1. The molecule has 2 bridgehead atoms. The first-order valence-corrected chi connectivity index (χ1v) is 12.0. The second kappa shape index (κ2) is 9.37. The van der Waals surface area contributed by atoms with Crippen LogP contribution in [0.25, 0.3) is 0 Å². The van der Waals surface area contributed by atoms with Gasteiger partial charge in [0, 0.05) is 11.5 Å². The number of carbonyl (C=O) groups excluding carboxylic acids is 2. The third kappa shape index (κ3) is 5.11. The summed E-state index contributed by atoms with van der Waals surface area (Å²) < 4.78 is 73.8. The van der Waals surface area contributed by atoms with Crippen molar-refractivity contribution in [2.24, 2.45) is 16.7 Å². The van der Waals surface area contributed by atoms with Crippen LogP contribution >= 0.6 is 0 Å². The number of Topliss-reactive ketones (excluding diaryl/α,β-unsaturated/α-hetero) is 1. The molecule has 2 rings (SSSR count). The van der Waals surface area contributed by atoms with Gasteiger partial charge in [0.25, 0.3) is 0 Å². The fraction of sp³-hybridized carbons (Fsp3) is 0.652. The largest absolute Gasteiger partial charge is 0.523 e.